The van der Waals surface area contributed by atoms with Gasteiger partial charge in [0.1, 0.15) is 0 Å². The van der Waals surface area contributed by atoms with Gasteiger partial charge in [0.2, 0.25) is 0 Å². The van der Waals surface area contributed by atoms with Gasteiger partial charge in [0.15, 0.2) is 5.78 Å². The molecule has 4 nitrogen and oxygen atoms in total. The Morgan fingerprint density at radius 3 is 2.67 bits per heavy atom. The van der Waals surface area contributed by atoms with E-state index in [2.05, 4.69) is 5.18 Å². The van der Waals surface area contributed by atoms with Gasteiger partial charge in [-0.1, -0.05) is 47.7 Å². The molecule has 1 aliphatic heterocycles. The van der Waals surface area contributed by atoms with Gasteiger partial charge in [-0.05, 0) is 25.0 Å². The first-order valence-corrected chi connectivity index (χ1v) is 7.12. The second-order valence-electron chi connectivity index (χ2n) is 5.37. The van der Waals surface area contributed by atoms with E-state index in [1.165, 1.54) is 0 Å². The van der Waals surface area contributed by atoms with Gasteiger partial charge in [0, 0.05) is 13.6 Å². The van der Waals surface area contributed by atoms with Gasteiger partial charge in [0.05, 0.1) is 17.7 Å². The van der Waals surface area contributed by atoms with E-state index in [9.17, 15) is 9.70 Å². The lowest BCUT2D eigenvalue weighted by molar-refractivity contribution is -0.121. The van der Waals surface area contributed by atoms with Crippen LogP contribution in [0.4, 0.5) is 0 Å². The van der Waals surface area contributed by atoms with Crippen molar-refractivity contribution >= 4 is 5.78 Å². The normalized spacial score (nSPS) is 17.0. The Labute approximate surface area is 125 Å². The first-order valence-electron chi connectivity index (χ1n) is 7.12. The van der Waals surface area contributed by atoms with E-state index in [1.807, 2.05) is 54.4 Å². The number of benzene rings is 1. The second kappa shape index (κ2) is 6.97. The van der Waals surface area contributed by atoms with Gasteiger partial charge >= 0.3 is 0 Å². The first-order chi connectivity index (χ1) is 10.1. The highest BCUT2D eigenvalue weighted by Gasteiger charge is 2.30. The molecule has 0 N–H and O–H groups in total. The van der Waals surface area contributed by atoms with E-state index in [1.54, 1.807) is 13.0 Å². The molecule has 21 heavy (non-hydrogen) atoms. The maximum atomic E-state index is 12.8. The molecular formula is C17H20N2O2. The van der Waals surface area contributed by atoms with Crippen LogP contribution in [0.2, 0.25) is 0 Å². The molecule has 1 aromatic carbocycles. The van der Waals surface area contributed by atoms with E-state index >= 15 is 0 Å². The Bertz CT molecular complexity index is 563. The molecule has 0 radical (unpaired) electrons. The molecule has 0 saturated heterocycles. The summed E-state index contributed by atoms with van der Waals surface area (Å²) in [5, 5.41) is 3.09. The highest BCUT2D eigenvalue weighted by Crippen LogP contribution is 2.22. The number of carbonyl (C=O) groups is 1. The third kappa shape index (κ3) is 3.66. The van der Waals surface area contributed by atoms with Crippen molar-refractivity contribution in [3.8, 4) is 0 Å². The minimum absolute atomic E-state index is 0.0159. The standard InChI is InChI=1S/C17H20N2O2/c1-13(18-21)15(12-14-8-4-3-5-9-14)17(20)16-10-6-7-11-19(16)2/h3-10,13,15H,11-12H2,1-2H3. The average molecular weight is 284 g/mol. The number of Topliss-reactive ketones (excluding diaryl/α,β-unsaturated/α-hetero) is 1. The lowest BCUT2D eigenvalue weighted by Crippen LogP contribution is -2.34. The van der Waals surface area contributed by atoms with Gasteiger partial charge in [-0.15, -0.1) is 0 Å². The number of nitrogens with zero attached hydrogens (tertiary/aromatic N) is 2. The van der Waals surface area contributed by atoms with Crippen LogP contribution in [0.3, 0.4) is 0 Å². The summed E-state index contributed by atoms with van der Waals surface area (Å²) in [6.07, 6.45) is 6.21. The van der Waals surface area contributed by atoms with Crippen molar-refractivity contribution in [3.05, 3.63) is 64.7 Å². The molecule has 1 aromatic rings. The monoisotopic (exact) mass is 284 g/mol. The van der Waals surface area contributed by atoms with E-state index < -0.39 is 12.0 Å². The Kier molecular flexibility index (Phi) is 5.04. The van der Waals surface area contributed by atoms with Crippen LogP contribution in [0, 0.1) is 10.8 Å². The Balaban J connectivity index is 2.23. The van der Waals surface area contributed by atoms with Crippen LogP contribution in [0.5, 0.6) is 0 Å². The molecule has 0 spiro atoms. The van der Waals surface area contributed by atoms with Crippen LogP contribution >= 0.6 is 0 Å². The predicted octanol–water partition coefficient (Wildman–Crippen LogP) is 2.95. The van der Waals surface area contributed by atoms with Gasteiger partial charge in [-0.3, -0.25) is 4.79 Å². The van der Waals surface area contributed by atoms with Gasteiger partial charge < -0.3 is 4.90 Å². The van der Waals surface area contributed by atoms with Crippen LogP contribution in [-0.2, 0) is 11.2 Å². The third-order valence-electron chi connectivity index (χ3n) is 3.82. The highest BCUT2D eigenvalue weighted by atomic mass is 16.3. The van der Waals surface area contributed by atoms with Crippen molar-refractivity contribution in [1.29, 1.82) is 0 Å². The van der Waals surface area contributed by atoms with Crippen molar-refractivity contribution in [2.24, 2.45) is 11.1 Å². The third-order valence-corrected chi connectivity index (χ3v) is 3.82. The highest BCUT2D eigenvalue weighted by molar-refractivity contribution is 5.97. The summed E-state index contributed by atoms with van der Waals surface area (Å²) in [5.41, 5.74) is 1.69. The fraction of sp³-hybridized carbons (Fsp3) is 0.353. The fourth-order valence-corrected chi connectivity index (χ4v) is 2.49. The largest absolute Gasteiger partial charge is 0.368 e. The zero-order valence-corrected chi connectivity index (χ0v) is 12.4. The number of likely N-dealkylation sites (N-methyl/N-ethyl adjacent to an activating group) is 1. The summed E-state index contributed by atoms with van der Waals surface area (Å²) >= 11 is 0. The van der Waals surface area contributed by atoms with Crippen LogP contribution in [0.15, 0.2) is 59.4 Å². The molecule has 0 fully saturated rings. The molecule has 1 heterocycles. The molecule has 0 saturated carbocycles. The predicted molar refractivity (Wildman–Crippen MR) is 83.8 cm³/mol. The number of hydrogen-bond donors (Lipinski definition) is 0. The molecule has 2 rings (SSSR count). The smallest absolute Gasteiger partial charge is 0.184 e. The topological polar surface area (TPSA) is 49.7 Å². The van der Waals surface area contributed by atoms with E-state index in [0.717, 1.165) is 5.56 Å². The summed E-state index contributed by atoms with van der Waals surface area (Å²) in [6.45, 7) is 2.41. The number of nitroso groups, excluding NO2 is 1. The maximum Gasteiger partial charge on any atom is 0.184 e. The van der Waals surface area contributed by atoms with Gasteiger partial charge in [0.25, 0.3) is 0 Å². The molecule has 110 valence electrons. The molecule has 2 unspecified atom stereocenters. The zero-order chi connectivity index (χ0) is 15.2. The van der Waals surface area contributed by atoms with Crippen LogP contribution in [0.1, 0.15) is 12.5 Å². The summed E-state index contributed by atoms with van der Waals surface area (Å²) in [5.74, 6) is -0.442. The molecule has 2 atom stereocenters. The Morgan fingerprint density at radius 2 is 2.05 bits per heavy atom. The maximum absolute atomic E-state index is 12.8. The van der Waals surface area contributed by atoms with Gasteiger partial charge in [-0.2, -0.15) is 4.91 Å². The SMILES string of the molecule is CC(N=O)C(Cc1ccccc1)C(=O)C1=CC=CCN1C. The van der Waals surface area contributed by atoms with E-state index in [0.29, 0.717) is 18.7 Å². The quantitative estimate of drug-likeness (QED) is 0.755. The van der Waals surface area contributed by atoms with Crippen molar-refractivity contribution in [1.82, 2.24) is 4.90 Å². The van der Waals surface area contributed by atoms with E-state index in [-0.39, 0.29) is 5.78 Å². The lowest BCUT2D eigenvalue weighted by atomic mass is 9.87. The zero-order valence-electron chi connectivity index (χ0n) is 12.4. The minimum Gasteiger partial charge on any atom is -0.368 e. The number of rotatable bonds is 6. The Morgan fingerprint density at radius 1 is 1.33 bits per heavy atom. The molecule has 1 aliphatic rings. The number of hydrogen-bond acceptors (Lipinski definition) is 4. The van der Waals surface area contributed by atoms with Gasteiger partial charge in [-0.25, -0.2) is 0 Å². The van der Waals surface area contributed by atoms with Crippen molar-refractivity contribution in [3.63, 3.8) is 0 Å². The molecule has 0 aliphatic carbocycles. The van der Waals surface area contributed by atoms with Crippen molar-refractivity contribution in [2.45, 2.75) is 19.4 Å². The summed E-state index contributed by atoms with van der Waals surface area (Å²) < 4.78 is 0. The lowest BCUT2D eigenvalue weighted by Gasteiger charge is -2.26. The number of ketones is 1. The molecule has 0 aromatic heterocycles. The second-order valence-corrected chi connectivity index (χ2v) is 5.37. The summed E-state index contributed by atoms with van der Waals surface area (Å²) in [7, 11) is 1.88. The summed E-state index contributed by atoms with van der Waals surface area (Å²) in [4.78, 5) is 25.6. The number of carbonyl (C=O) groups excluding carboxylic acids is 1. The average Bonchev–Trinajstić information content (AvgIpc) is 2.53. The van der Waals surface area contributed by atoms with Crippen LogP contribution in [0.25, 0.3) is 0 Å². The molecular weight excluding hydrogens is 264 g/mol. The minimum atomic E-state index is -0.544. The molecule has 0 amide bonds. The van der Waals surface area contributed by atoms with Crippen molar-refractivity contribution < 1.29 is 4.79 Å². The molecule has 0 bridgehead atoms. The van der Waals surface area contributed by atoms with Crippen molar-refractivity contribution in [2.75, 3.05) is 13.6 Å². The van der Waals surface area contributed by atoms with Crippen LogP contribution in [-0.4, -0.2) is 30.3 Å². The van der Waals surface area contributed by atoms with E-state index in [4.69, 9.17) is 0 Å². The molecule has 4 heteroatoms. The number of allylic oxidation sites excluding steroid dienone is 3. The fourth-order valence-electron chi connectivity index (χ4n) is 2.49. The Hall–Kier alpha value is -2.23. The van der Waals surface area contributed by atoms with Crippen LogP contribution < -0.4 is 0 Å². The summed E-state index contributed by atoms with van der Waals surface area (Å²) in [6, 6.07) is 9.20. The first kappa shape index (κ1) is 15.2.